The highest BCUT2D eigenvalue weighted by Gasteiger charge is 2.40. The molecule has 2 heteroatoms. The molecule has 0 aromatic rings. The first-order chi connectivity index (χ1) is 8.76. The summed E-state index contributed by atoms with van der Waals surface area (Å²) in [5.74, 6) is 2.08. The Morgan fingerprint density at radius 1 is 1.06 bits per heavy atom. The van der Waals surface area contributed by atoms with Gasteiger partial charge in [-0.25, -0.2) is 0 Å². The summed E-state index contributed by atoms with van der Waals surface area (Å²) in [7, 11) is 2.33. The maximum absolute atomic E-state index is 3.81. The van der Waals surface area contributed by atoms with Crippen LogP contribution < -0.4 is 5.32 Å². The molecule has 2 nitrogen and oxygen atoms in total. The molecule has 18 heavy (non-hydrogen) atoms. The Labute approximate surface area is 114 Å². The zero-order valence-corrected chi connectivity index (χ0v) is 12.6. The standard InChI is InChI=1S/C16H32N2/c1-4-9-17-15-11-14(13-7-6-8-13)12-16(15)18(3)10-5-2/h13-17H,4-12H2,1-3H3. The third-order valence-electron chi connectivity index (χ3n) is 5.18. The lowest BCUT2D eigenvalue weighted by Crippen LogP contribution is -2.45. The fraction of sp³-hybridized carbons (Fsp3) is 1.00. The van der Waals surface area contributed by atoms with Gasteiger partial charge in [-0.3, -0.25) is 0 Å². The summed E-state index contributed by atoms with van der Waals surface area (Å²) < 4.78 is 0. The molecule has 0 heterocycles. The van der Waals surface area contributed by atoms with Gasteiger partial charge < -0.3 is 10.2 Å². The van der Waals surface area contributed by atoms with E-state index >= 15 is 0 Å². The van der Waals surface area contributed by atoms with Crippen molar-refractivity contribution in [2.75, 3.05) is 20.1 Å². The SMILES string of the molecule is CCCNC1CC(C2CCC2)CC1N(C)CCC. The van der Waals surface area contributed by atoms with Crippen molar-refractivity contribution in [3.05, 3.63) is 0 Å². The number of likely N-dealkylation sites (N-methyl/N-ethyl adjacent to an activating group) is 1. The van der Waals surface area contributed by atoms with Crippen molar-refractivity contribution >= 4 is 0 Å². The van der Waals surface area contributed by atoms with E-state index in [-0.39, 0.29) is 0 Å². The van der Waals surface area contributed by atoms with E-state index in [4.69, 9.17) is 0 Å². The fourth-order valence-corrected chi connectivity index (χ4v) is 3.90. The van der Waals surface area contributed by atoms with Crippen molar-refractivity contribution in [1.82, 2.24) is 10.2 Å². The minimum atomic E-state index is 0.757. The minimum Gasteiger partial charge on any atom is -0.312 e. The Balaban J connectivity index is 1.90. The summed E-state index contributed by atoms with van der Waals surface area (Å²) in [6.07, 6.45) is 9.93. The van der Waals surface area contributed by atoms with Crippen LogP contribution in [0.1, 0.15) is 58.8 Å². The van der Waals surface area contributed by atoms with E-state index in [9.17, 15) is 0 Å². The largest absolute Gasteiger partial charge is 0.312 e. The predicted molar refractivity (Wildman–Crippen MR) is 78.9 cm³/mol. The van der Waals surface area contributed by atoms with E-state index in [1.54, 1.807) is 0 Å². The van der Waals surface area contributed by atoms with Crippen LogP contribution in [0.3, 0.4) is 0 Å². The van der Waals surface area contributed by atoms with Crippen molar-refractivity contribution < 1.29 is 0 Å². The molecule has 3 unspecified atom stereocenters. The van der Waals surface area contributed by atoms with Gasteiger partial charge in [-0.05, 0) is 57.7 Å². The third-order valence-corrected chi connectivity index (χ3v) is 5.18. The van der Waals surface area contributed by atoms with Crippen molar-refractivity contribution in [3.63, 3.8) is 0 Å². The molecule has 0 spiro atoms. The molecule has 2 aliphatic carbocycles. The molecular formula is C16H32N2. The van der Waals surface area contributed by atoms with Gasteiger partial charge in [0.15, 0.2) is 0 Å². The molecule has 0 bridgehead atoms. The summed E-state index contributed by atoms with van der Waals surface area (Å²) in [6, 6.07) is 1.55. The molecule has 0 aliphatic heterocycles. The lowest BCUT2D eigenvalue weighted by molar-refractivity contribution is 0.183. The number of nitrogens with one attached hydrogen (secondary N) is 1. The second-order valence-electron chi connectivity index (χ2n) is 6.53. The molecule has 0 saturated heterocycles. The van der Waals surface area contributed by atoms with E-state index in [0.717, 1.165) is 23.9 Å². The first-order valence-corrected chi connectivity index (χ1v) is 8.19. The number of hydrogen-bond acceptors (Lipinski definition) is 2. The Kier molecular flexibility index (Phi) is 5.50. The monoisotopic (exact) mass is 252 g/mol. The summed E-state index contributed by atoms with van der Waals surface area (Å²) >= 11 is 0. The van der Waals surface area contributed by atoms with Crippen LogP contribution in [0.25, 0.3) is 0 Å². The van der Waals surface area contributed by atoms with Crippen LogP contribution in [-0.2, 0) is 0 Å². The molecular weight excluding hydrogens is 220 g/mol. The lowest BCUT2D eigenvalue weighted by Gasteiger charge is -2.32. The second kappa shape index (κ2) is 6.91. The van der Waals surface area contributed by atoms with E-state index in [1.165, 1.54) is 58.0 Å². The molecule has 0 aromatic heterocycles. The zero-order valence-electron chi connectivity index (χ0n) is 12.6. The third kappa shape index (κ3) is 3.27. The van der Waals surface area contributed by atoms with Gasteiger partial charge >= 0.3 is 0 Å². The van der Waals surface area contributed by atoms with Gasteiger partial charge in [0.2, 0.25) is 0 Å². The Morgan fingerprint density at radius 2 is 1.83 bits per heavy atom. The van der Waals surface area contributed by atoms with Crippen LogP contribution in [0.4, 0.5) is 0 Å². The fourth-order valence-electron chi connectivity index (χ4n) is 3.90. The number of nitrogens with zero attached hydrogens (tertiary/aromatic N) is 1. The van der Waals surface area contributed by atoms with Crippen LogP contribution in [0.5, 0.6) is 0 Å². The van der Waals surface area contributed by atoms with Gasteiger partial charge in [0.25, 0.3) is 0 Å². The quantitative estimate of drug-likeness (QED) is 0.748. The molecule has 106 valence electrons. The van der Waals surface area contributed by atoms with Crippen LogP contribution in [0.2, 0.25) is 0 Å². The summed E-state index contributed by atoms with van der Waals surface area (Å²) in [6.45, 7) is 7.02. The Bertz CT molecular complexity index is 237. The molecule has 3 atom stereocenters. The lowest BCUT2D eigenvalue weighted by atomic mass is 9.75. The molecule has 0 amide bonds. The van der Waals surface area contributed by atoms with Crippen LogP contribution >= 0.6 is 0 Å². The first kappa shape index (κ1) is 14.3. The van der Waals surface area contributed by atoms with Crippen molar-refractivity contribution in [3.8, 4) is 0 Å². The minimum absolute atomic E-state index is 0.757. The maximum Gasteiger partial charge on any atom is 0.0249 e. The van der Waals surface area contributed by atoms with Crippen molar-refractivity contribution in [1.29, 1.82) is 0 Å². The number of rotatable bonds is 7. The topological polar surface area (TPSA) is 15.3 Å². The van der Waals surface area contributed by atoms with E-state index < -0.39 is 0 Å². The molecule has 0 aromatic carbocycles. The smallest absolute Gasteiger partial charge is 0.0249 e. The molecule has 1 N–H and O–H groups in total. The van der Waals surface area contributed by atoms with Gasteiger partial charge in [-0.15, -0.1) is 0 Å². The summed E-state index contributed by atoms with van der Waals surface area (Å²) in [4.78, 5) is 2.62. The van der Waals surface area contributed by atoms with Crippen molar-refractivity contribution in [2.24, 2.45) is 11.8 Å². The summed E-state index contributed by atoms with van der Waals surface area (Å²) in [5.41, 5.74) is 0. The maximum atomic E-state index is 3.81. The van der Waals surface area contributed by atoms with Crippen molar-refractivity contribution in [2.45, 2.75) is 70.9 Å². The average molecular weight is 252 g/mol. The molecule has 0 radical (unpaired) electrons. The van der Waals surface area contributed by atoms with Gasteiger partial charge in [0.1, 0.15) is 0 Å². The molecule has 2 saturated carbocycles. The van der Waals surface area contributed by atoms with Gasteiger partial charge in [0.05, 0.1) is 0 Å². The highest BCUT2D eigenvalue weighted by molar-refractivity contribution is 4.97. The van der Waals surface area contributed by atoms with E-state index in [0.29, 0.717) is 0 Å². The Morgan fingerprint density at radius 3 is 2.39 bits per heavy atom. The second-order valence-corrected chi connectivity index (χ2v) is 6.53. The van der Waals surface area contributed by atoms with E-state index in [2.05, 4.69) is 31.1 Å². The predicted octanol–water partition coefficient (Wildman–Crippen LogP) is 3.28. The van der Waals surface area contributed by atoms with Gasteiger partial charge in [-0.2, -0.15) is 0 Å². The molecule has 2 rings (SSSR count). The van der Waals surface area contributed by atoms with Crippen LogP contribution in [-0.4, -0.2) is 37.1 Å². The molecule has 2 aliphatic rings. The van der Waals surface area contributed by atoms with Gasteiger partial charge in [0, 0.05) is 12.1 Å². The van der Waals surface area contributed by atoms with Gasteiger partial charge in [-0.1, -0.05) is 33.1 Å². The highest BCUT2D eigenvalue weighted by Crippen LogP contribution is 2.43. The van der Waals surface area contributed by atoms with Crippen LogP contribution in [0, 0.1) is 11.8 Å². The zero-order chi connectivity index (χ0) is 13.0. The van der Waals surface area contributed by atoms with Crippen LogP contribution in [0.15, 0.2) is 0 Å². The molecule has 2 fully saturated rings. The summed E-state index contributed by atoms with van der Waals surface area (Å²) in [5, 5.41) is 3.81. The highest BCUT2D eigenvalue weighted by atomic mass is 15.2. The average Bonchev–Trinajstić information content (AvgIpc) is 2.68. The number of hydrogen-bond donors (Lipinski definition) is 1. The Hall–Kier alpha value is -0.0800. The first-order valence-electron chi connectivity index (χ1n) is 8.19. The van der Waals surface area contributed by atoms with E-state index in [1.807, 2.05) is 0 Å². The normalized spacial score (nSPS) is 33.0.